The molecular weight excluding hydrogens is 513 g/mol. The van der Waals surface area contributed by atoms with Gasteiger partial charge >= 0.3 is 6.16 Å². The Balaban J connectivity index is 1.58. The first-order chi connectivity index (χ1) is 17.4. The van der Waals surface area contributed by atoms with E-state index in [1.807, 2.05) is 55.5 Å². The smallest absolute Gasteiger partial charge is 0.449 e. The van der Waals surface area contributed by atoms with Gasteiger partial charge in [0.2, 0.25) is 0 Å². The lowest BCUT2D eigenvalue weighted by Gasteiger charge is -2.28. The Bertz CT molecular complexity index is 1230. The van der Waals surface area contributed by atoms with Crippen molar-refractivity contribution in [1.82, 2.24) is 5.32 Å². The summed E-state index contributed by atoms with van der Waals surface area (Å²) in [6.45, 7) is 8.41. The third-order valence-corrected chi connectivity index (χ3v) is 6.81. The third-order valence-electron chi connectivity index (χ3n) is 6.07. The number of halogens is 2. The molecule has 3 aromatic carbocycles. The summed E-state index contributed by atoms with van der Waals surface area (Å²) in [6, 6.07) is 18.8. The van der Waals surface area contributed by atoms with Crippen LogP contribution in [-0.2, 0) is 11.2 Å². The fraction of sp³-hybridized carbons (Fsp3) is 0.345. The van der Waals surface area contributed by atoms with Gasteiger partial charge in [0.1, 0.15) is 5.75 Å². The molecule has 198 valence electrons. The van der Waals surface area contributed by atoms with Crippen molar-refractivity contribution in [1.29, 1.82) is 0 Å². The molecule has 2 atom stereocenters. The minimum Gasteiger partial charge on any atom is -0.449 e. The Hall–Kier alpha value is -2.61. The third kappa shape index (κ3) is 8.45. The fourth-order valence-electron chi connectivity index (χ4n) is 4.16. The molecule has 6 nitrogen and oxygen atoms in total. The lowest BCUT2D eigenvalue weighted by Crippen LogP contribution is -2.46. The summed E-state index contributed by atoms with van der Waals surface area (Å²) in [5, 5.41) is 23.9. The molecule has 3 N–H and O–H groups in total. The molecule has 0 aliphatic carbocycles. The van der Waals surface area contributed by atoms with Crippen LogP contribution in [-0.4, -0.2) is 41.2 Å². The number of carbonyl (C=O) groups is 1. The average molecular weight is 546 g/mol. The predicted molar refractivity (Wildman–Crippen MR) is 148 cm³/mol. The number of hydrogen-bond acceptors (Lipinski definition) is 5. The molecule has 37 heavy (non-hydrogen) atoms. The molecule has 8 heteroatoms. The number of aliphatic hydroxyl groups excluding tert-OH is 1. The van der Waals surface area contributed by atoms with E-state index in [9.17, 15) is 9.90 Å². The topological polar surface area (TPSA) is 88.0 Å². The molecule has 0 aromatic heterocycles. The minimum absolute atomic E-state index is 0.162. The van der Waals surface area contributed by atoms with Gasteiger partial charge in [-0.1, -0.05) is 59.6 Å². The number of carboxylic acid groups (broad SMARTS) is 1. The molecular formula is C29H33Cl2NO5. The zero-order valence-corrected chi connectivity index (χ0v) is 22.9. The Morgan fingerprint density at radius 1 is 1.05 bits per heavy atom. The van der Waals surface area contributed by atoms with Gasteiger partial charge in [-0.25, -0.2) is 4.79 Å². The van der Waals surface area contributed by atoms with Crippen molar-refractivity contribution >= 4 is 29.4 Å². The van der Waals surface area contributed by atoms with Gasteiger partial charge in [-0.2, -0.15) is 0 Å². The maximum Gasteiger partial charge on any atom is 0.511 e. The van der Waals surface area contributed by atoms with E-state index < -0.39 is 12.3 Å². The summed E-state index contributed by atoms with van der Waals surface area (Å²) >= 11 is 12.2. The van der Waals surface area contributed by atoms with Crippen molar-refractivity contribution in [3.05, 3.63) is 87.4 Å². The van der Waals surface area contributed by atoms with Gasteiger partial charge in [-0.3, -0.25) is 0 Å². The van der Waals surface area contributed by atoms with Crippen molar-refractivity contribution < 1.29 is 24.5 Å². The van der Waals surface area contributed by atoms with E-state index in [1.54, 1.807) is 19.1 Å². The van der Waals surface area contributed by atoms with Crippen molar-refractivity contribution in [2.45, 2.75) is 51.9 Å². The van der Waals surface area contributed by atoms with Gasteiger partial charge < -0.3 is 25.0 Å². The molecule has 0 heterocycles. The first-order valence-electron chi connectivity index (χ1n) is 12.0. The van der Waals surface area contributed by atoms with Gasteiger partial charge in [-0.05, 0) is 86.2 Å². The van der Waals surface area contributed by atoms with Crippen molar-refractivity contribution in [2.24, 2.45) is 0 Å². The zero-order chi connectivity index (χ0) is 27.2. The van der Waals surface area contributed by atoms with Crippen LogP contribution >= 0.6 is 23.2 Å². The summed E-state index contributed by atoms with van der Waals surface area (Å²) in [4.78, 5) is 10.9. The van der Waals surface area contributed by atoms with Crippen LogP contribution in [0.3, 0.4) is 0 Å². The number of rotatable bonds is 11. The Morgan fingerprint density at radius 3 is 2.46 bits per heavy atom. The van der Waals surface area contributed by atoms with Gasteiger partial charge in [0.05, 0.1) is 28.9 Å². The van der Waals surface area contributed by atoms with Gasteiger partial charge in [0.25, 0.3) is 0 Å². The largest absolute Gasteiger partial charge is 0.511 e. The molecule has 0 fully saturated rings. The second kappa shape index (κ2) is 12.8. The van der Waals surface area contributed by atoms with Crippen molar-refractivity contribution in [3.63, 3.8) is 0 Å². The standard InChI is InChI=1S/C29H33Cl2NO5/c1-18-13-21(10-12-27(18)37-28(34)35)24-8-6-5-7-23(24)19(2)36-17-22(33)16-32-29(3,4)15-20-9-11-25(30)26(31)14-20/h5-14,19,22,32-33H,15-17H2,1-4H3,(H,34,35)/t19?,22-/m1/s1. The Morgan fingerprint density at radius 2 is 1.78 bits per heavy atom. The molecule has 0 spiro atoms. The first-order valence-corrected chi connectivity index (χ1v) is 12.8. The highest BCUT2D eigenvalue weighted by atomic mass is 35.5. The van der Waals surface area contributed by atoms with Crippen LogP contribution < -0.4 is 10.1 Å². The predicted octanol–water partition coefficient (Wildman–Crippen LogP) is 7.08. The van der Waals surface area contributed by atoms with Crippen LogP contribution in [0.1, 0.15) is 43.6 Å². The van der Waals surface area contributed by atoms with Crippen LogP contribution in [0.15, 0.2) is 60.7 Å². The highest BCUT2D eigenvalue weighted by Gasteiger charge is 2.21. The Labute approximate surface area is 228 Å². The van der Waals surface area contributed by atoms with Crippen LogP contribution in [0.5, 0.6) is 5.75 Å². The molecule has 0 aliphatic rings. The molecule has 0 radical (unpaired) electrons. The maximum atomic E-state index is 10.9. The summed E-state index contributed by atoms with van der Waals surface area (Å²) in [6.07, 6.45) is -1.59. The number of nitrogens with one attached hydrogen (secondary N) is 1. The van der Waals surface area contributed by atoms with E-state index in [4.69, 9.17) is 37.8 Å². The normalized spacial score (nSPS) is 13.3. The number of hydrogen-bond donors (Lipinski definition) is 3. The second-order valence-electron chi connectivity index (χ2n) is 9.75. The molecule has 3 rings (SSSR count). The van der Waals surface area contributed by atoms with Crippen LogP contribution in [0.25, 0.3) is 11.1 Å². The molecule has 0 amide bonds. The summed E-state index contributed by atoms with van der Waals surface area (Å²) in [7, 11) is 0. The van der Waals surface area contributed by atoms with E-state index in [2.05, 4.69) is 19.2 Å². The molecule has 0 saturated carbocycles. The number of aryl methyl sites for hydroxylation is 1. The van der Waals surface area contributed by atoms with E-state index in [-0.39, 0.29) is 18.2 Å². The summed E-state index contributed by atoms with van der Waals surface area (Å²) in [5.74, 6) is 0.302. The van der Waals surface area contributed by atoms with Crippen molar-refractivity contribution in [2.75, 3.05) is 13.2 Å². The zero-order valence-electron chi connectivity index (χ0n) is 21.4. The molecule has 0 aliphatic heterocycles. The van der Waals surface area contributed by atoms with Gasteiger partial charge in [-0.15, -0.1) is 0 Å². The maximum absolute atomic E-state index is 10.9. The lowest BCUT2D eigenvalue weighted by atomic mass is 9.94. The van der Waals surface area contributed by atoms with Crippen LogP contribution in [0.4, 0.5) is 4.79 Å². The second-order valence-corrected chi connectivity index (χ2v) is 10.6. The first kappa shape index (κ1) is 29.0. The fourth-order valence-corrected chi connectivity index (χ4v) is 4.48. The van der Waals surface area contributed by atoms with Crippen molar-refractivity contribution in [3.8, 4) is 16.9 Å². The monoisotopic (exact) mass is 545 g/mol. The molecule has 0 bridgehead atoms. The van der Waals surface area contributed by atoms with E-state index in [0.29, 0.717) is 27.9 Å². The number of ether oxygens (including phenoxy) is 2. The van der Waals surface area contributed by atoms with Gasteiger partial charge in [0, 0.05) is 12.1 Å². The summed E-state index contributed by atoms with van der Waals surface area (Å²) in [5.41, 5.74) is 4.36. The number of benzene rings is 3. The molecule has 0 saturated heterocycles. The quantitative estimate of drug-likeness (QED) is 0.176. The molecule has 1 unspecified atom stereocenters. The van der Waals surface area contributed by atoms with Crippen LogP contribution in [0, 0.1) is 6.92 Å². The number of β-amino-alcohol motifs (C(OH)–C–C–N with tert-alkyl or cyclic N) is 1. The SMILES string of the molecule is Cc1cc(-c2ccccc2C(C)OC[C@H](O)CNC(C)(C)Cc2ccc(Cl)c(Cl)c2)ccc1OC(=O)O. The van der Waals surface area contributed by atoms with Gasteiger partial charge in [0.15, 0.2) is 0 Å². The van der Waals surface area contributed by atoms with E-state index in [0.717, 1.165) is 28.7 Å². The minimum atomic E-state index is -1.34. The lowest BCUT2D eigenvalue weighted by molar-refractivity contribution is -0.00397. The van der Waals surface area contributed by atoms with Crippen LogP contribution in [0.2, 0.25) is 10.0 Å². The Kier molecular flexibility index (Phi) is 9.99. The summed E-state index contributed by atoms with van der Waals surface area (Å²) < 4.78 is 10.9. The number of aliphatic hydroxyl groups is 1. The highest BCUT2D eigenvalue weighted by Crippen LogP contribution is 2.33. The average Bonchev–Trinajstić information content (AvgIpc) is 2.84. The highest BCUT2D eigenvalue weighted by molar-refractivity contribution is 6.42. The van der Waals surface area contributed by atoms with E-state index in [1.165, 1.54) is 0 Å². The molecule has 3 aromatic rings. The van der Waals surface area contributed by atoms with E-state index >= 15 is 0 Å².